The summed E-state index contributed by atoms with van der Waals surface area (Å²) in [5.74, 6) is -0.611. The van der Waals surface area contributed by atoms with Crippen LogP contribution in [0.2, 0.25) is 0 Å². The van der Waals surface area contributed by atoms with Gasteiger partial charge in [-0.1, -0.05) is 0 Å². The van der Waals surface area contributed by atoms with Crippen molar-refractivity contribution in [1.82, 2.24) is 14.7 Å². The molecule has 2 saturated heterocycles. The standard InChI is InChI=1S/C19H21N3O4/c1-20-18(25)14-5-4-12(11-15(14)19(20)26)17(24)21-9-6-13(7-10-21)22-8-2-3-16(22)23/h4-5,11,13H,2-3,6-10H2,1H3. The lowest BCUT2D eigenvalue weighted by atomic mass is 10.0. The van der Waals surface area contributed by atoms with Crippen LogP contribution in [-0.4, -0.2) is 71.1 Å². The van der Waals surface area contributed by atoms with Gasteiger partial charge in [-0.15, -0.1) is 0 Å². The molecule has 2 fully saturated rings. The highest BCUT2D eigenvalue weighted by Crippen LogP contribution is 2.26. The number of likely N-dealkylation sites (tertiary alicyclic amines) is 2. The van der Waals surface area contributed by atoms with Crippen LogP contribution in [0.4, 0.5) is 0 Å². The minimum absolute atomic E-state index is 0.131. The summed E-state index contributed by atoms with van der Waals surface area (Å²) in [6, 6.07) is 4.92. The summed E-state index contributed by atoms with van der Waals surface area (Å²) < 4.78 is 0. The molecule has 0 spiro atoms. The van der Waals surface area contributed by atoms with Crippen molar-refractivity contribution in [3.63, 3.8) is 0 Å². The second-order valence-corrected chi connectivity index (χ2v) is 7.14. The van der Waals surface area contributed by atoms with Gasteiger partial charge >= 0.3 is 0 Å². The molecule has 0 radical (unpaired) electrons. The van der Waals surface area contributed by atoms with Crippen LogP contribution in [0.25, 0.3) is 0 Å². The molecule has 3 aliphatic rings. The third-order valence-corrected chi connectivity index (χ3v) is 5.64. The third kappa shape index (κ3) is 2.58. The zero-order valence-electron chi connectivity index (χ0n) is 14.7. The maximum Gasteiger partial charge on any atom is 0.261 e. The van der Waals surface area contributed by atoms with Gasteiger partial charge in [0.05, 0.1) is 11.1 Å². The van der Waals surface area contributed by atoms with Gasteiger partial charge in [-0.2, -0.15) is 0 Å². The van der Waals surface area contributed by atoms with Crippen LogP contribution in [0, 0.1) is 0 Å². The lowest BCUT2D eigenvalue weighted by Gasteiger charge is -2.36. The Hall–Kier alpha value is -2.70. The molecule has 0 aromatic heterocycles. The van der Waals surface area contributed by atoms with Crippen molar-refractivity contribution >= 4 is 23.6 Å². The molecule has 0 saturated carbocycles. The maximum atomic E-state index is 12.8. The summed E-state index contributed by atoms with van der Waals surface area (Å²) >= 11 is 0. The van der Waals surface area contributed by atoms with E-state index in [1.54, 1.807) is 17.0 Å². The Labute approximate surface area is 151 Å². The lowest BCUT2D eigenvalue weighted by molar-refractivity contribution is -0.130. The van der Waals surface area contributed by atoms with Crippen molar-refractivity contribution in [3.05, 3.63) is 34.9 Å². The molecule has 7 heteroatoms. The van der Waals surface area contributed by atoms with Gasteiger partial charge in [-0.25, -0.2) is 0 Å². The second kappa shape index (κ2) is 6.23. The van der Waals surface area contributed by atoms with Crippen LogP contribution in [0.1, 0.15) is 56.8 Å². The fourth-order valence-electron chi connectivity index (χ4n) is 4.11. The molecule has 0 aliphatic carbocycles. The Balaban J connectivity index is 1.46. The molecule has 3 heterocycles. The average molecular weight is 355 g/mol. The number of hydrogen-bond acceptors (Lipinski definition) is 4. The van der Waals surface area contributed by atoms with Gasteiger partial charge in [0.1, 0.15) is 0 Å². The summed E-state index contributed by atoms with van der Waals surface area (Å²) in [7, 11) is 1.44. The largest absolute Gasteiger partial charge is 0.340 e. The van der Waals surface area contributed by atoms with E-state index in [2.05, 4.69) is 0 Å². The molecule has 0 N–H and O–H groups in total. The zero-order valence-corrected chi connectivity index (χ0v) is 14.7. The Morgan fingerprint density at radius 3 is 2.35 bits per heavy atom. The summed E-state index contributed by atoms with van der Waals surface area (Å²) in [6.07, 6.45) is 3.12. The Kier molecular flexibility index (Phi) is 4.01. The SMILES string of the molecule is CN1C(=O)c2ccc(C(=O)N3CCC(N4CCCC4=O)CC3)cc2C1=O. The van der Waals surface area contributed by atoms with Gasteiger partial charge in [0.25, 0.3) is 17.7 Å². The van der Waals surface area contributed by atoms with Gasteiger partial charge < -0.3 is 9.80 Å². The summed E-state index contributed by atoms with van der Waals surface area (Å²) in [6.45, 7) is 2.01. The van der Waals surface area contributed by atoms with Gasteiger partial charge in [0.15, 0.2) is 0 Å². The number of hydrogen-bond donors (Lipinski definition) is 0. The van der Waals surface area contributed by atoms with Gasteiger partial charge in [0.2, 0.25) is 5.91 Å². The van der Waals surface area contributed by atoms with E-state index >= 15 is 0 Å². The van der Waals surface area contributed by atoms with Crippen molar-refractivity contribution in [2.75, 3.05) is 26.7 Å². The molecule has 26 heavy (non-hydrogen) atoms. The number of carbonyl (C=O) groups is 4. The summed E-state index contributed by atoms with van der Waals surface area (Å²) in [4.78, 5) is 53.5. The first-order valence-electron chi connectivity index (χ1n) is 9.02. The average Bonchev–Trinajstić information content (AvgIpc) is 3.19. The molecular weight excluding hydrogens is 334 g/mol. The van der Waals surface area contributed by atoms with Crippen LogP contribution in [0.15, 0.2) is 18.2 Å². The molecule has 1 aromatic rings. The first-order chi connectivity index (χ1) is 12.5. The Morgan fingerprint density at radius 1 is 1.00 bits per heavy atom. The monoisotopic (exact) mass is 355 g/mol. The van der Waals surface area contributed by atoms with Crippen LogP contribution < -0.4 is 0 Å². The topological polar surface area (TPSA) is 78.0 Å². The third-order valence-electron chi connectivity index (χ3n) is 5.64. The fraction of sp³-hybridized carbons (Fsp3) is 0.474. The quantitative estimate of drug-likeness (QED) is 0.746. The van der Waals surface area contributed by atoms with Crippen LogP contribution in [0.3, 0.4) is 0 Å². The predicted molar refractivity (Wildman–Crippen MR) is 92.7 cm³/mol. The van der Waals surface area contributed by atoms with Crippen LogP contribution in [0.5, 0.6) is 0 Å². The molecule has 0 bridgehead atoms. The fourth-order valence-corrected chi connectivity index (χ4v) is 4.11. The van der Waals surface area contributed by atoms with Gasteiger partial charge in [-0.3, -0.25) is 24.1 Å². The van der Waals surface area contributed by atoms with Gasteiger partial charge in [-0.05, 0) is 37.5 Å². The van der Waals surface area contributed by atoms with Crippen LogP contribution in [-0.2, 0) is 4.79 Å². The summed E-state index contributed by atoms with van der Waals surface area (Å²) in [5, 5.41) is 0. The predicted octanol–water partition coefficient (Wildman–Crippen LogP) is 1.14. The van der Waals surface area contributed by atoms with Crippen molar-refractivity contribution < 1.29 is 19.2 Å². The molecule has 4 rings (SSSR count). The Morgan fingerprint density at radius 2 is 1.69 bits per heavy atom. The minimum Gasteiger partial charge on any atom is -0.340 e. The normalized spacial score (nSPS) is 21.0. The van der Waals surface area contributed by atoms with E-state index in [4.69, 9.17) is 0 Å². The van der Waals surface area contributed by atoms with E-state index in [0.717, 1.165) is 30.7 Å². The number of amides is 4. The molecule has 3 aliphatic heterocycles. The van der Waals surface area contributed by atoms with E-state index in [0.29, 0.717) is 36.2 Å². The van der Waals surface area contributed by atoms with Gasteiger partial charge in [0, 0.05) is 44.7 Å². The highest BCUT2D eigenvalue weighted by atomic mass is 16.2. The highest BCUT2D eigenvalue weighted by molar-refractivity contribution is 6.21. The minimum atomic E-state index is -0.370. The number of carbonyl (C=O) groups excluding carboxylic acids is 4. The molecule has 1 aromatic carbocycles. The van der Waals surface area contributed by atoms with Crippen molar-refractivity contribution in [1.29, 1.82) is 0 Å². The first kappa shape index (κ1) is 16.8. The lowest BCUT2D eigenvalue weighted by Crippen LogP contribution is -2.47. The van der Waals surface area contributed by atoms with E-state index in [1.165, 1.54) is 13.1 Å². The number of fused-ring (bicyclic) bond motifs is 1. The van der Waals surface area contributed by atoms with E-state index in [9.17, 15) is 19.2 Å². The van der Waals surface area contributed by atoms with Crippen LogP contribution >= 0.6 is 0 Å². The van der Waals surface area contributed by atoms with E-state index in [-0.39, 0.29) is 29.7 Å². The summed E-state index contributed by atoms with van der Waals surface area (Å²) in [5.41, 5.74) is 1.07. The zero-order chi connectivity index (χ0) is 18.4. The molecular formula is C19H21N3O4. The van der Waals surface area contributed by atoms with Crippen molar-refractivity contribution in [2.24, 2.45) is 0 Å². The molecule has 136 valence electrons. The highest BCUT2D eigenvalue weighted by Gasteiger charge is 2.35. The molecule has 7 nitrogen and oxygen atoms in total. The number of rotatable bonds is 2. The van der Waals surface area contributed by atoms with E-state index in [1.807, 2.05) is 4.90 Å². The number of imide groups is 1. The molecule has 4 amide bonds. The number of benzene rings is 1. The second-order valence-electron chi connectivity index (χ2n) is 7.14. The Bertz CT molecular complexity index is 811. The maximum absolute atomic E-state index is 12.8. The number of piperidine rings is 1. The molecule has 0 atom stereocenters. The first-order valence-corrected chi connectivity index (χ1v) is 9.02. The van der Waals surface area contributed by atoms with Crippen molar-refractivity contribution in [2.45, 2.75) is 31.7 Å². The number of nitrogens with zero attached hydrogens (tertiary/aromatic N) is 3. The molecule has 0 unspecified atom stereocenters. The van der Waals surface area contributed by atoms with E-state index < -0.39 is 0 Å². The smallest absolute Gasteiger partial charge is 0.261 e. The van der Waals surface area contributed by atoms with Crippen molar-refractivity contribution in [3.8, 4) is 0 Å².